The van der Waals surface area contributed by atoms with Crippen LogP contribution in [-0.2, 0) is 14.3 Å². The molecule has 1 saturated carbocycles. The van der Waals surface area contributed by atoms with E-state index in [0.717, 1.165) is 0 Å². The average molecular weight is 272 g/mol. The number of amides is 1. The molecule has 0 aromatic heterocycles. The Kier molecular flexibility index (Phi) is 4.67. The number of hydrogen-bond donors (Lipinski definition) is 1. The molecule has 1 fully saturated rings. The van der Waals surface area contributed by atoms with Gasteiger partial charge in [-0.2, -0.15) is 0 Å². The minimum Gasteiger partial charge on any atom is -0.469 e. The lowest BCUT2D eigenvalue weighted by molar-refractivity contribution is -0.145. The van der Waals surface area contributed by atoms with Gasteiger partial charge in [-0.05, 0) is 18.8 Å². The van der Waals surface area contributed by atoms with Crippen LogP contribution in [0.1, 0.15) is 26.2 Å². The molecule has 0 aromatic rings. The van der Waals surface area contributed by atoms with Crippen LogP contribution in [0.4, 0.5) is 0 Å². The molecule has 0 aliphatic heterocycles. The van der Waals surface area contributed by atoms with E-state index in [1.54, 1.807) is 7.05 Å². The molecule has 2 N–H and O–H groups in total. The molecule has 0 bridgehead atoms. The number of methoxy groups -OCH3 is 1. The van der Waals surface area contributed by atoms with Crippen LogP contribution in [0.5, 0.6) is 0 Å². The highest BCUT2D eigenvalue weighted by atomic mass is 32.1. The van der Waals surface area contributed by atoms with E-state index < -0.39 is 5.41 Å². The SMILES string of the molecule is COC(=O)CCN(C)C(=O)C1(C(N)=S)CC(C)C1. The van der Waals surface area contributed by atoms with Crippen LogP contribution >= 0.6 is 12.2 Å². The third-order valence-corrected chi connectivity index (χ3v) is 3.89. The Morgan fingerprint density at radius 3 is 2.44 bits per heavy atom. The molecule has 0 aromatic carbocycles. The van der Waals surface area contributed by atoms with E-state index in [1.807, 2.05) is 0 Å². The van der Waals surface area contributed by atoms with Crippen molar-refractivity contribution < 1.29 is 14.3 Å². The molecule has 0 saturated heterocycles. The van der Waals surface area contributed by atoms with Gasteiger partial charge in [-0.1, -0.05) is 19.1 Å². The summed E-state index contributed by atoms with van der Waals surface area (Å²) in [6.07, 6.45) is 1.58. The van der Waals surface area contributed by atoms with Crippen LogP contribution in [0, 0.1) is 11.3 Å². The second-order valence-corrected chi connectivity index (χ2v) is 5.45. The Bertz CT molecular complexity index is 364. The third kappa shape index (κ3) is 2.80. The molecule has 1 aliphatic rings. The van der Waals surface area contributed by atoms with Gasteiger partial charge in [0.1, 0.15) is 0 Å². The molecular weight excluding hydrogens is 252 g/mol. The summed E-state index contributed by atoms with van der Waals surface area (Å²) in [6, 6.07) is 0. The molecule has 1 aliphatic carbocycles. The molecule has 0 spiro atoms. The van der Waals surface area contributed by atoms with Crippen molar-refractivity contribution in [3.8, 4) is 0 Å². The van der Waals surface area contributed by atoms with Crippen molar-refractivity contribution in [2.24, 2.45) is 17.1 Å². The summed E-state index contributed by atoms with van der Waals surface area (Å²) >= 11 is 5.03. The molecule has 102 valence electrons. The maximum atomic E-state index is 12.3. The summed E-state index contributed by atoms with van der Waals surface area (Å²) in [4.78, 5) is 25.2. The summed E-state index contributed by atoms with van der Waals surface area (Å²) in [6.45, 7) is 2.39. The first kappa shape index (κ1) is 14.9. The van der Waals surface area contributed by atoms with Gasteiger partial charge >= 0.3 is 5.97 Å². The fourth-order valence-electron chi connectivity index (χ4n) is 2.44. The second kappa shape index (κ2) is 5.65. The van der Waals surface area contributed by atoms with E-state index in [2.05, 4.69) is 11.7 Å². The lowest BCUT2D eigenvalue weighted by Crippen LogP contribution is -2.56. The van der Waals surface area contributed by atoms with E-state index in [4.69, 9.17) is 18.0 Å². The van der Waals surface area contributed by atoms with Crippen molar-refractivity contribution in [3.63, 3.8) is 0 Å². The molecule has 0 radical (unpaired) electrons. The number of carbonyl (C=O) groups excluding carboxylic acids is 2. The van der Waals surface area contributed by atoms with Gasteiger partial charge in [-0.15, -0.1) is 0 Å². The van der Waals surface area contributed by atoms with Crippen molar-refractivity contribution in [2.45, 2.75) is 26.2 Å². The van der Waals surface area contributed by atoms with Gasteiger partial charge in [0.05, 0.1) is 23.9 Å². The molecule has 6 heteroatoms. The van der Waals surface area contributed by atoms with Crippen molar-refractivity contribution >= 4 is 29.1 Å². The number of nitrogens with two attached hydrogens (primary N) is 1. The van der Waals surface area contributed by atoms with Crippen molar-refractivity contribution in [2.75, 3.05) is 20.7 Å². The Morgan fingerprint density at radius 1 is 1.50 bits per heavy atom. The van der Waals surface area contributed by atoms with Gasteiger partial charge in [-0.25, -0.2) is 0 Å². The molecule has 5 nitrogen and oxygen atoms in total. The topological polar surface area (TPSA) is 72.6 Å². The monoisotopic (exact) mass is 272 g/mol. The predicted octanol–water partition coefficient (Wildman–Crippen LogP) is 0.710. The minimum atomic E-state index is -0.695. The van der Waals surface area contributed by atoms with Crippen LogP contribution in [0.15, 0.2) is 0 Å². The standard InChI is InChI=1S/C12H20N2O3S/c1-8-6-12(7-8,10(13)18)11(16)14(2)5-4-9(15)17-3/h8H,4-7H2,1-3H3,(H2,13,18). The van der Waals surface area contributed by atoms with Gasteiger partial charge < -0.3 is 15.4 Å². The van der Waals surface area contributed by atoms with Gasteiger partial charge in [0.25, 0.3) is 0 Å². The number of ether oxygens (including phenoxy) is 1. The fourth-order valence-corrected chi connectivity index (χ4v) is 2.69. The number of esters is 1. The Hall–Kier alpha value is -1.17. The average Bonchev–Trinajstić information content (AvgIpc) is 2.29. The minimum absolute atomic E-state index is 0.0861. The zero-order valence-corrected chi connectivity index (χ0v) is 11.9. The third-order valence-electron chi connectivity index (χ3n) is 3.50. The Morgan fingerprint density at radius 2 is 2.06 bits per heavy atom. The molecule has 1 rings (SSSR count). The predicted molar refractivity (Wildman–Crippen MR) is 71.9 cm³/mol. The highest BCUT2D eigenvalue weighted by Crippen LogP contribution is 2.46. The first-order chi connectivity index (χ1) is 8.33. The first-order valence-corrected chi connectivity index (χ1v) is 6.36. The lowest BCUT2D eigenvalue weighted by atomic mass is 9.61. The number of carbonyl (C=O) groups is 2. The number of hydrogen-bond acceptors (Lipinski definition) is 4. The van der Waals surface area contributed by atoms with Crippen molar-refractivity contribution in [3.05, 3.63) is 0 Å². The van der Waals surface area contributed by atoms with E-state index in [0.29, 0.717) is 25.3 Å². The van der Waals surface area contributed by atoms with Crippen molar-refractivity contribution in [1.82, 2.24) is 4.90 Å². The van der Waals surface area contributed by atoms with Crippen molar-refractivity contribution in [1.29, 1.82) is 0 Å². The Labute approximate surface area is 113 Å². The van der Waals surface area contributed by atoms with Crippen LogP contribution in [0.25, 0.3) is 0 Å². The van der Waals surface area contributed by atoms with E-state index >= 15 is 0 Å². The van der Waals surface area contributed by atoms with Crippen LogP contribution < -0.4 is 5.73 Å². The zero-order valence-electron chi connectivity index (χ0n) is 11.1. The summed E-state index contributed by atoms with van der Waals surface area (Å²) in [5, 5.41) is 0. The van der Waals surface area contributed by atoms with E-state index in [9.17, 15) is 9.59 Å². The summed E-state index contributed by atoms with van der Waals surface area (Å²) in [5.74, 6) is 0.0439. The lowest BCUT2D eigenvalue weighted by Gasteiger charge is -2.45. The van der Waals surface area contributed by atoms with Gasteiger partial charge in [-0.3, -0.25) is 9.59 Å². The largest absolute Gasteiger partial charge is 0.469 e. The second-order valence-electron chi connectivity index (χ2n) is 5.01. The number of nitrogens with zero attached hydrogens (tertiary/aromatic N) is 1. The molecule has 0 heterocycles. The normalized spacial score (nSPS) is 26.1. The number of rotatable bonds is 5. The highest BCUT2D eigenvalue weighted by Gasteiger charge is 2.51. The summed E-state index contributed by atoms with van der Waals surface area (Å²) in [5.41, 5.74) is 5.01. The highest BCUT2D eigenvalue weighted by molar-refractivity contribution is 7.80. The molecule has 18 heavy (non-hydrogen) atoms. The van der Waals surface area contributed by atoms with Crippen LogP contribution in [-0.4, -0.2) is 42.5 Å². The molecule has 0 unspecified atom stereocenters. The smallest absolute Gasteiger partial charge is 0.307 e. The zero-order chi connectivity index (χ0) is 13.9. The summed E-state index contributed by atoms with van der Waals surface area (Å²) < 4.78 is 4.54. The van der Waals surface area contributed by atoms with Gasteiger partial charge in [0, 0.05) is 13.6 Å². The first-order valence-electron chi connectivity index (χ1n) is 5.95. The Balaban J connectivity index is 2.62. The molecule has 1 amide bonds. The van der Waals surface area contributed by atoms with E-state index in [1.165, 1.54) is 12.0 Å². The maximum absolute atomic E-state index is 12.3. The van der Waals surface area contributed by atoms with E-state index in [-0.39, 0.29) is 23.3 Å². The van der Waals surface area contributed by atoms with Gasteiger partial charge in [0.15, 0.2) is 0 Å². The summed E-state index contributed by atoms with van der Waals surface area (Å²) in [7, 11) is 2.99. The maximum Gasteiger partial charge on any atom is 0.307 e. The van der Waals surface area contributed by atoms with Gasteiger partial charge in [0.2, 0.25) is 5.91 Å². The number of thiocarbonyl (C=S) groups is 1. The fraction of sp³-hybridized carbons (Fsp3) is 0.750. The van der Waals surface area contributed by atoms with Crippen LogP contribution in [0.3, 0.4) is 0 Å². The molecule has 0 atom stereocenters. The molecular formula is C12H20N2O3S. The van der Waals surface area contributed by atoms with Crippen LogP contribution in [0.2, 0.25) is 0 Å². The quantitative estimate of drug-likeness (QED) is 0.589.